The molecule has 1 atom stereocenters. The molecule has 0 unspecified atom stereocenters. The molecule has 0 radical (unpaired) electrons. The van der Waals surface area contributed by atoms with Gasteiger partial charge in [-0.2, -0.15) is 5.26 Å². The second-order valence-corrected chi connectivity index (χ2v) is 10.9. The zero-order valence-electron chi connectivity index (χ0n) is 24.0. The molecule has 11 heteroatoms. The van der Waals surface area contributed by atoms with Gasteiger partial charge in [0, 0.05) is 41.8 Å². The maximum atomic E-state index is 13.7. The number of hydrogen-bond acceptors (Lipinski definition) is 8. The van der Waals surface area contributed by atoms with Crippen LogP contribution in [0.25, 0.3) is 11.0 Å². The number of primary amides is 1. The average Bonchev–Trinajstić information content (AvgIpc) is 3.63. The van der Waals surface area contributed by atoms with E-state index in [9.17, 15) is 24.4 Å². The highest BCUT2D eigenvalue weighted by atomic mass is 16.3. The van der Waals surface area contributed by atoms with Crippen LogP contribution in [0.3, 0.4) is 0 Å². The van der Waals surface area contributed by atoms with Crippen molar-refractivity contribution in [2.45, 2.75) is 45.1 Å². The van der Waals surface area contributed by atoms with Crippen LogP contribution < -0.4 is 16.4 Å². The summed E-state index contributed by atoms with van der Waals surface area (Å²) in [6.45, 7) is 3.70. The molecule has 43 heavy (non-hydrogen) atoms. The summed E-state index contributed by atoms with van der Waals surface area (Å²) in [7, 11) is 0. The summed E-state index contributed by atoms with van der Waals surface area (Å²) in [6, 6.07) is 14.2. The molecule has 2 aliphatic rings. The Balaban J connectivity index is 1.47. The number of carbonyl (C=O) groups is 4. The molecule has 0 aliphatic carbocycles. The Morgan fingerprint density at radius 3 is 2.40 bits per heavy atom. The van der Waals surface area contributed by atoms with Crippen LogP contribution in [0.5, 0.6) is 0 Å². The number of hydrogen-bond donors (Lipinski definition) is 3. The molecule has 222 valence electrons. The molecule has 2 aromatic carbocycles. The lowest BCUT2D eigenvalue weighted by atomic mass is 10.0. The Labute approximate surface area is 249 Å². The minimum Gasteiger partial charge on any atom is -0.461 e. The number of aryl methyl sites for hydroxylation is 1. The molecule has 4 N–H and O–H groups in total. The van der Waals surface area contributed by atoms with E-state index in [1.165, 1.54) is 24.3 Å². The summed E-state index contributed by atoms with van der Waals surface area (Å²) < 4.78 is 5.67. The van der Waals surface area contributed by atoms with E-state index in [0.29, 0.717) is 37.3 Å². The van der Waals surface area contributed by atoms with Gasteiger partial charge in [0.05, 0.1) is 6.54 Å². The zero-order valence-corrected chi connectivity index (χ0v) is 24.0. The second kappa shape index (κ2) is 12.8. The van der Waals surface area contributed by atoms with Crippen LogP contribution in [0.2, 0.25) is 0 Å². The van der Waals surface area contributed by atoms with E-state index in [1.807, 2.05) is 25.1 Å². The third-order valence-electron chi connectivity index (χ3n) is 7.81. The number of amides is 3. The van der Waals surface area contributed by atoms with Gasteiger partial charge in [-0.15, -0.1) is 0 Å². The highest BCUT2D eigenvalue weighted by molar-refractivity contribution is 6.12. The van der Waals surface area contributed by atoms with Gasteiger partial charge in [0.15, 0.2) is 0 Å². The Kier molecular flexibility index (Phi) is 8.76. The quantitative estimate of drug-likeness (QED) is 0.196. The molecule has 2 saturated heterocycles. The van der Waals surface area contributed by atoms with Crippen molar-refractivity contribution in [2.24, 2.45) is 5.73 Å². The molecule has 1 aromatic heterocycles. The van der Waals surface area contributed by atoms with Gasteiger partial charge in [0.1, 0.15) is 34.8 Å². The van der Waals surface area contributed by atoms with Gasteiger partial charge in [-0.1, -0.05) is 12.1 Å². The average molecular weight is 583 g/mol. The molecule has 3 amide bonds. The predicted molar refractivity (Wildman–Crippen MR) is 160 cm³/mol. The lowest BCUT2D eigenvalue weighted by Gasteiger charge is -2.28. The molecular formula is C32H34N6O5. The highest BCUT2D eigenvalue weighted by Crippen LogP contribution is 2.25. The minimum atomic E-state index is -0.773. The fourth-order valence-electron chi connectivity index (χ4n) is 5.52. The van der Waals surface area contributed by atoms with Crippen molar-refractivity contribution in [3.8, 4) is 6.07 Å². The number of nitrogens with zero attached hydrogens (tertiary/aromatic N) is 3. The van der Waals surface area contributed by atoms with Crippen LogP contribution in [-0.4, -0.2) is 65.5 Å². The van der Waals surface area contributed by atoms with E-state index in [-0.39, 0.29) is 40.9 Å². The van der Waals surface area contributed by atoms with Crippen LogP contribution in [0.1, 0.15) is 58.6 Å². The molecule has 5 rings (SSSR count). The lowest BCUT2D eigenvalue weighted by molar-refractivity contribution is -0.140. The molecule has 11 nitrogen and oxygen atoms in total. The zero-order chi connectivity index (χ0) is 30.5. The van der Waals surface area contributed by atoms with E-state index >= 15 is 0 Å². The molecule has 0 bridgehead atoms. The fourth-order valence-corrected chi connectivity index (χ4v) is 5.52. The number of allylic oxidation sites excluding steroid dienone is 1. The summed E-state index contributed by atoms with van der Waals surface area (Å²) in [5.41, 5.74) is 6.75. The summed E-state index contributed by atoms with van der Waals surface area (Å²) in [4.78, 5) is 55.1. The fraction of sp³-hybridized carbons (Fsp3) is 0.344. The van der Waals surface area contributed by atoms with Crippen LogP contribution in [0.15, 0.2) is 64.3 Å². The number of ketones is 1. The van der Waals surface area contributed by atoms with Gasteiger partial charge >= 0.3 is 0 Å². The summed E-state index contributed by atoms with van der Waals surface area (Å²) >= 11 is 0. The van der Waals surface area contributed by atoms with Gasteiger partial charge in [0.2, 0.25) is 23.5 Å². The Morgan fingerprint density at radius 2 is 1.70 bits per heavy atom. The highest BCUT2D eigenvalue weighted by Gasteiger charge is 2.32. The Bertz CT molecular complexity index is 1630. The first-order valence-electron chi connectivity index (χ1n) is 14.4. The lowest BCUT2D eigenvalue weighted by Crippen LogP contribution is -2.49. The van der Waals surface area contributed by atoms with Gasteiger partial charge in [-0.25, -0.2) is 0 Å². The molecule has 2 fully saturated rings. The molecule has 3 heterocycles. The summed E-state index contributed by atoms with van der Waals surface area (Å²) in [5, 5.41) is 17.4. The number of fused-ring (bicyclic) bond motifs is 1. The molecule has 3 aromatic rings. The SMILES string of the molecule is Cc1cc2cc(N/C(N[C@H]3CCCCN(CC(=O)N4CCCC4)C3=O)=C(\C#N)C(=O)c3ccc(C(N)=O)cc3)ccc2o1. The van der Waals surface area contributed by atoms with Crippen molar-refractivity contribution < 1.29 is 23.6 Å². The van der Waals surface area contributed by atoms with Crippen LogP contribution >= 0.6 is 0 Å². The summed E-state index contributed by atoms with van der Waals surface area (Å²) in [6.07, 6.45) is 3.83. The third-order valence-corrected chi connectivity index (χ3v) is 7.81. The first-order chi connectivity index (χ1) is 20.7. The maximum Gasteiger partial charge on any atom is 0.248 e. The van der Waals surface area contributed by atoms with E-state index in [2.05, 4.69) is 10.6 Å². The third kappa shape index (κ3) is 6.70. The number of nitriles is 1. The van der Waals surface area contributed by atoms with E-state index < -0.39 is 17.7 Å². The van der Waals surface area contributed by atoms with Crippen molar-refractivity contribution >= 4 is 40.2 Å². The number of nitrogens with one attached hydrogen (secondary N) is 2. The van der Waals surface area contributed by atoms with Crippen LogP contribution in [0.4, 0.5) is 5.69 Å². The molecule has 0 saturated carbocycles. The van der Waals surface area contributed by atoms with E-state index in [1.54, 1.807) is 21.9 Å². The van der Waals surface area contributed by atoms with Crippen molar-refractivity contribution in [3.05, 3.63) is 76.8 Å². The summed E-state index contributed by atoms with van der Waals surface area (Å²) in [5.74, 6) is -0.769. The molecular weight excluding hydrogens is 548 g/mol. The number of likely N-dealkylation sites (tertiary alicyclic amines) is 2. The number of carbonyl (C=O) groups excluding carboxylic acids is 4. The van der Waals surface area contributed by atoms with Crippen molar-refractivity contribution in [1.29, 1.82) is 5.26 Å². The maximum absolute atomic E-state index is 13.7. The van der Waals surface area contributed by atoms with E-state index in [0.717, 1.165) is 36.8 Å². The standard InChI is InChI=1S/C32H34N6O5/c1-20-16-23-17-24(11-12-27(23)43-20)35-31(25(18-33)29(40)21-7-9-22(10-8-21)30(34)41)36-26-6-2-3-15-38(32(26)42)19-28(39)37-13-4-5-14-37/h7-12,16-17,26,35-36H,2-6,13-15,19H2,1H3,(H2,34,41)/b31-25-/t26-/m0/s1. The Morgan fingerprint density at radius 1 is 1.00 bits per heavy atom. The molecule has 2 aliphatic heterocycles. The number of rotatable bonds is 9. The number of furan rings is 1. The minimum absolute atomic E-state index is 0.00372. The van der Waals surface area contributed by atoms with Crippen LogP contribution in [0, 0.1) is 18.3 Å². The van der Waals surface area contributed by atoms with Crippen molar-refractivity contribution in [3.63, 3.8) is 0 Å². The normalized spacial score (nSPS) is 17.7. The van der Waals surface area contributed by atoms with Crippen molar-refractivity contribution in [1.82, 2.24) is 15.1 Å². The predicted octanol–water partition coefficient (Wildman–Crippen LogP) is 3.46. The van der Waals surface area contributed by atoms with Crippen molar-refractivity contribution in [2.75, 3.05) is 31.5 Å². The van der Waals surface area contributed by atoms with E-state index in [4.69, 9.17) is 10.2 Å². The van der Waals surface area contributed by atoms with Crippen LogP contribution in [-0.2, 0) is 9.59 Å². The van der Waals surface area contributed by atoms with Gasteiger partial charge in [-0.05, 0) is 75.4 Å². The second-order valence-electron chi connectivity index (χ2n) is 10.9. The number of anilines is 1. The smallest absolute Gasteiger partial charge is 0.248 e. The molecule has 0 spiro atoms. The Hall–Kier alpha value is -5.11. The number of benzene rings is 2. The number of nitrogens with two attached hydrogens (primary N) is 1. The first kappa shape index (κ1) is 29.4. The largest absolute Gasteiger partial charge is 0.461 e. The van der Waals surface area contributed by atoms with Gasteiger partial charge in [0.25, 0.3) is 0 Å². The first-order valence-corrected chi connectivity index (χ1v) is 14.4. The van der Waals surface area contributed by atoms with Gasteiger partial charge in [-0.3, -0.25) is 19.2 Å². The topological polar surface area (TPSA) is 162 Å². The number of Topliss-reactive ketones (excluding diaryl/α,β-unsaturated/α-hetero) is 1. The van der Waals surface area contributed by atoms with Gasteiger partial charge < -0.3 is 30.6 Å². The monoisotopic (exact) mass is 582 g/mol.